The highest BCUT2D eigenvalue weighted by Crippen LogP contribution is 2.16. The van der Waals surface area contributed by atoms with Gasteiger partial charge in [-0.2, -0.15) is 5.26 Å². The molecule has 3 heteroatoms. The van der Waals surface area contributed by atoms with Crippen LogP contribution in [0.15, 0.2) is 24.3 Å². The number of benzene rings is 1. The Morgan fingerprint density at radius 1 is 1.31 bits per heavy atom. The van der Waals surface area contributed by atoms with Crippen molar-refractivity contribution in [1.82, 2.24) is 0 Å². The Kier molecular flexibility index (Phi) is 4.33. The summed E-state index contributed by atoms with van der Waals surface area (Å²) >= 11 is 0. The lowest BCUT2D eigenvalue weighted by Crippen LogP contribution is -2.26. The van der Waals surface area contributed by atoms with E-state index in [0.29, 0.717) is 6.42 Å². The summed E-state index contributed by atoms with van der Waals surface area (Å²) in [5.41, 5.74) is 1.92. The predicted molar refractivity (Wildman–Crippen MR) is 65.1 cm³/mol. The molecule has 0 amide bonds. The fourth-order valence-electron chi connectivity index (χ4n) is 1.23. The average molecular weight is 218 g/mol. The second kappa shape index (κ2) is 5.53. The molecule has 3 nitrogen and oxygen atoms in total. The molecule has 1 aromatic carbocycles. The zero-order chi connectivity index (χ0) is 12.0. The quantitative estimate of drug-likeness (QED) is 0.796. The van der Waals surface area contributed by atoms with Crippen molar-refractivity contribution < 1.29 is 5.11 Å². The molecular formula is C13H18N2O. The third-order valence-electron chi connectivity index (χ3n) is 2.44. The van der Waals surface area contributed by atoms with Crippen LogP contribution in [0.1, 0.15) is 19.4 Å². The first-order valence-corrected chi connectivity index (χ1v) is 5.38. The van der Waals surface area contributed by atoms with Gasteiger partial charge in [-0.25, -0.2) is 0 Å². The Morgan fingerprint density at radius 3 is 2.44 bits per heavy atom. The van der Waals surface area contributed by atoms with Gasteiger partial charge in [0, 0.05) is 24.3 Å². The largest absolute Gasteiger partial charge is 0.396 e. The third-order valence-corrected chi connectivity index (χ3v) is 2.44. The Balaban J connectivity index is 2.53. The predicted octanol–water partition coefficient (Wildman–Crippen LogP) is 2.18. The van der Waals surface area contributed by atoms with Gasteiger partial charge in [0.2, 0.25) is 0 Å². The molecule has 0 heterocycles. The lowest BCUT2D eigenvalue weighted by Gasteiger charge is -2.22. The molecule has 0 radical (unpaired) electrons. The van der Waals surface area contributed by atoms with E-state index in [2.05, 4.69) is 11.4 Å². The summed E-state index contributed by atoms with van der Waals surface area (Å²) in [6, 6.07) is 9.92. The summed E-state index contributed by atoms with van der Waals surface area (Å²) in [5, 5.41) is 20.9. The van der Waals surface area contributed by atoms with E-state index < -0.39 is 0 Å². The van der Waals surface area contributed by atoms with Gasteiger partial charge in [0.1, 0.15) is 0 Å². The van der Waals surface area contributed by atoms with Gasteiger partial charge < -0.3 is 10.4 Å². The number of nitriles is 1. The number of hydrogen-bond donors (Lipinski definition) is 2. The molecule has 0 atom stereocenters. The molecule has 16 heavy (non-hydrogen) atoms. The molecule has 0 fully saturated rings. The van der Waals surface area contributed by atoms with Gasteiger partial charge in [-0.1, -0.05) is 26.0 Å². The Hall–Kier alpha value is -1.53. The molecule has 86 valence electrons. The maximum Gasteiger partial charge on any atom is 0.0669 e. The first-order chi connectivity index (χ1) is 7.57. The molecule has 0 bridgehead atoms. The van der Waals surface area contributed by atoms with Crippen LogP contribution in [0.25, 0.3) is 0 Å². The number of anilines is 1. The van der Waals surface area contributed by atoms with E-state index in [0.717, 1.165) is 17.8 Å². The highest BCUT2D eigenvalue weighted by molar-refractivity contribution is 5.45. The smallest absolute Gasteiger partial charge is 0.0669 e. The maximum atomic E-state index is 9.11. The summed E-state index contributed by atoms with van der Waals surface area (Å²) in [6.45, 7) is 4.89. The van der Waals surface area contributed by atoms with Gasteiger partial charge in [-0.3, -0.25) is 0 Å². The summed E-state index contributed by atoms with van der Waals surface area (Å²) in [6.07, 6.45) is 0.447. The summed E-state index contributed by atoms with van der Waals surface area (Å²) in [7, 11) is 0. The normalized spacial score (nSPS) is 10.9. The van der Waals surface area contributed by atoms with E-state index in [1.807, 2.05) is 38.1 Å². The SMILES string of the molecule is CC(C)(CO)CNc1ccc(CC#N)cc1. The summed E-state index contributed by atoms with van der Waals surface area (Å²) in [5.74, 6) is 0. The highest BCUT2D eigenvalue weighted by atomic mass is 16.3. The molecule has 2 N–H and O–H groups in total. The monoisotopic (exact) mass is 218 g/mol. The lowest BCUT2D eigenvalue weighted by molar-refractivity contribution is 0.171. The van der Waals surface area contributed by atoms with Crippen molar-refractivity contribution in [2.75, 3.05) is 18.5 Å². The highest BCUT2D eigenvalue weighted by Gasteiger charge is 2.15. The second-order valence-corrected chi connectivity index (χ2v) is 4.71. The molecule has 0 saturated heterocycles. The van der Waals surface area contributed by atoms with Crippen LogP contribution in [-0.4, -0.2) is 18.3 Å². The number of rotatable bonds is 5. The molecule has 0 spiro atoms. The Morgan fingerprint density at radius 2 is 1.94 bits per heavy atom. The van der Waals surface area contributed by atoms with E-state index in [9.17, 15) is 0 Å². The van der Waals surface area contributed by atoms with Gasteiger partial charge in [0.25, 0.3) is 0 Å². The first-order valence-electron chi connectivity index (χ1n) is 5.38. The molecule has 1 rings (SSSR count). The van der Waals surface area contributed by atoms with E-state index in [-0.39, 0.29) is 12.0 Å². The van der Waals surface area contributed by atoms with E-state index in [1.54, 1.807) is 0 Å². The number of aliphatic hydroxyl groups is 1. The molecule has 1 aromatic rings. The molecule has 0 saturated carbocycles. The maximum absolute atomic E-state index is 9.11. The van der Waals surface area contributed by atoms with Crippen LogP contribution >= 0.6 is 0 Å². The standard InChI is InChI=1S/C13H18N2O/c1-13(2,10-16)9-15-12-5-3-11(4-6-12)7-8-14/h3-6,15-16H,7,9-10H2,1-2H3. The third kappa shape index (κ3) is 3.92. The van der Waals surface area contributed by atoms with E-state index in [1.165, 1.54) is 0 Å². The van der Waals surface area contributed by atoms with Crippen LogP contribution in [-0.2, 0) is 6.42 Å². The minimum absolute atomic E-state index is 0.120. The van der Waals surface area contributed by atoms with Crippen LogP contribution in [0.2, 0.25) is 0 Å². The minimum Gasteiger partial charge on any atom is -0.396 e. The van der Waals surface area contributed by atoms with Crippen molar-refractivity contribution in [2.24, 2.45) is 5.41 Å². The fourth-order valence-corrected chi connectivity index (χ4v) is 1.23. The average Bonchev–Trinajstić information content (AvgIpc) is 2.29. The lowest BCUT2D eigenvalue weighted by atomic mass is 9.95. The van der Waals surface area contributed by atoms with E-state index in [4.69, 9.17) is 10.4 Å². The van der Waals surface area contributed by atoms with Gasteiger partial charge in [-0.15, -0.1) is 0 Å². The topological polar surface area (TPSA) is 56.0 Å². The molecule has 0 aliphatic heterocycles. The first kappa shape index (κ1) is 12.5. The van der Waals surface area contributed by atoms with E-state index >= 15 is 0 Å². The minimum atomic E-state index is -0.120. The Bertz CT molecular complexity index is 363. The molecule has 0 unspecified atom stereocenters. The van der Waals surface area contributed by atoms with Crippen molar-refractivity contribution in [3.63, 3.8) is 0 Å². The van der Waals surface area contributed by atoms with Crippen LogP contribution < -0.4 is 5.32 Å². The number of hydrogen-bond acceptors (Lipinski definition) is 3. The van der Waals surface area contributed by atoms with Gasteiger partial charge in [0.05, 0.1) is 12.5 Å². The van der Waals surface area contributed by atoms with Crippen LogP contribution in [0.3, 0.4) is 0 Å². The van der Waals surface area contributed by atoms with Crippen LogP contribution in [0.5, 0.6) is 0 Å². The number of nitrogens with one attached hydrogen (secondary N) is 1. The van der Waals surface area contributed by atoms with Crippen LogP contribution in [0.4, 0.5) is 5.69 Å². The van der Waals surface area contributed by atoms with Crippen LogP contribution in [0, 0.1) is 16.7 Å². The van der Waals surface area contributed by atoms with Crippen molar-refractivity contribution in [2.45, 2.75) is 20.3 Å². The molecule has 0 aromatic heterocycles. The molecular weight excluding hydrogens is 200 g/mol. The van der Waals surface area contributed by atoms with Crippen molar-refractivity contribution in [1.29, 1.82) is 5.26 Å². The fraction of sp³-hybridized carbons (Fsp3) is 0.462. The molecule has 0 aliphatic carbocycles. The summed E-state index contributed by atoms with van der Waals surface area (Å²) < 4.78 is 0. The Labute approximate surface area is 96.7 Å². The zero-order valence-electron chi connectivity index (χ0n) is 9.83. The van der Waals surface area contributed by atoms with Crippen molar-refractivity contribution >= 4 is 5.69 Å². The van der Waals surface area contributed by atoms with Crippen molar-refractivity contribution in [3.05, 3.63) is 29.8 Å². The van der Waals surface area contributed by atoms with Gasteiger partial charge in [0.15, 0.2) is 0 Å². The molecule has 0 aliphatic rings. The zero-order valence-corrected chi connectivity index (χ0v) is 9.83. The number of aliphatic hydroxyl groups excluding tert-OH is 1. The van der Waals surface area contributed by atoms with Gasteiger partial charge >= 0.3 is 0 Å². The van der Waals surface area contributed by atoms with Gasteiger partial charge in [-0.05, 0) is 17.7 Å². The van der Waals surface area contributed by atoms with Crippen molar-refractivity contribution in [3.8, 4) is 6.07 Å². The number of nitrogens with zero attached hydrogens (tertiary/aromatic N) is 1. The second-order valence-electron chi connectivity index (χ2n) is 4.71. The summed E-state index contributed by atoms with van der Waals surface area (Å²) in [4.78, 5) is 0.